The van der Waals surface area contributed by atoms with E-state index in [0.29, 0.717) is 31.0 Å². The minimum absolute atomic E-state index is 0.623. The van der Waals surface area contributed by atoms with Gasteiger partial charge in [0.25, 0.3) is 0 Å². The Morgan fingerprint density at radius 1 is 0.256 bits per heavy atom. The molecule has 2 aromatic rings. The summed E-state index contributed by atoms with van der Waals surface area (Å²) in [5, 5.41) is 10.8. The van der Waals surface area contributed by atoms with E-state index >= 15 is 0 Å². The van der Waals surface area contributed by atoms with Crippen molar-refractivity contribution in [3.63, 3.8) is 0 Å². The molecular formula is C64H124Si14. The highest BCUT2D eigenvalue weighted by Crippen LogP contribution is 2.48. The first-order valence-corrected chi connectivity index (χ1v) is 77.7. The molecular weight excluding hydrogens is 1160 g/mol. The zero-order valence-corrected chi connectivity index (χ0v) is 72.2. The summed E-state index contributed by atoms with van der Waals surface area (Å²) in [5.41, 5.74) is 19.5. The monoisotopic (exact) mass is 1280 g/mol. The van der Waals surface area contributed by atoms with E-state index in [2.05, 4.69) is 308 Å². The number of hydrogen-bond donors (Lipinski definition) is 0. The zero-order chi connectivity index (χ0) is 60.9. The van der Waals surface area contributed by atoms with Crippen LogP contribution < -0.4 is 10.4 Å². The molecule has 0 atom stereocenters. The van der Waals surface area contributed by atoms with Gasteiger partial charge >= 0.3 is 0 Å². The number of benzene rings is 2. The molecule has 0 bridgehead atoms. The smallest absolute Gasteiger partial charge is 0.0800 e. The molecule has 0 spiro atoms. The lowest BCUT2D eigenvalue weighted by Crippen LogP contribution is -2.57. The third kappa shape index (κ3) is 16.3. The topological polar surface area (TPSA) is 0 Å². The standard InChI is InChI=1S/C64H124Si14/c1-67(2,3)59(68(4,5)6)49-45-53(61(71(13,14)15)72(16,17)18)57(54(46-49)62(73(19,20)21)74(22,23)24)65(51-41-37-38-42-51)66(52-43-39-40-44-52)58-55(63(75(25,26)27)76(28,29)30)47-50(60(69(7,8)9)70(10,11)12)48-56(58)64(77(31,32)33)78(34,35)36/h37-41,43,45-48,59-64H,1-36H3/b66-65+. The summed E-state index contributed by atoms with van der Waals surface area (Å²) in [6, 6.07) is 12.2. The number of hydrogen-bond acceptors (Lipinski definition) is 0. The van der Waals surface area contributed by atoms with Crippen molar-refractivity contribution < 1.29 is 0 Å². The quantitative estimate of drug-likeness (QED) is 0.0814. The number of allylic oxidation sites excluding steroid dienone is 6. The molecule has 78 heavy (non-hydrogen) atoms. The van der Waals surface area contributed by atoms with E-state index in [0.717, 1.165) is 0 Å². The molecule has 0 unspecified atom stereocenters. The average Bonchev–Trinajstić information content (AvgIpc) is 3.83. The second-order valence-corrected chi connectivity index (χ2v) is 112. The van der Waals surface area contributed by atoms with Crippen molar-refractivity contribution in [3.8, 4) is 0 Å². The lowest BCUT2D eigenvalue weighted by molar-refractivity contribution is 1.09. The molecule has 0 nitrogen and oxygen atoms in total. The Kier molecular flexibility index (Phi) is 21.1. The van der Waals surface area contributed by atoms with Gasteiger partial charge in [0.05, 0.1) is 15.8 Å². The van der Waals surface area contributed by atoms with E-state index in [-0.39, 0.29) is 0 Å². The maximum Gasteiger partial charge on any atom is 0.0800 e. The van der Waals surface area contributed by atoms with Gasteiger partial charge in [-0.15, -0.1) is 11.5 Å². The SMILES string of the molecule is C[Si](C)(C)C(c1cc(C([Si](C)(C)C)[Si](C)(C)C)c(/[Si](C2=C=CC=C2)=[Si](\C2=C=CC=C2)c2c(C([Si](C)(C)C)[Si](C)(C)C)cc(C([Si](C)(C)C)[Si](C)(C)C)cc2C([Si](C)(C)C)[Si](C)(C)C)c(C([Si](C)(C)C)[Si](C)(C)C)c1)[Si](C)(C)C. The van der Waals surface area contributed by atoms with Gasteiger partial charge in [-0.25, -0.2) is 0 Å². The maximum absolute atomic E-state index is 4.27. The van der Waals surface area contributed by atoms with Crippen molar-refractivity contribution in [1.29, 1.82) is 0 Å². The minimum Gasteiger partial charge on any atom is -0.118 e. The second-order valence-electron chi connectivity index (χ2n) is 38.1. The third-order valence-corrected chi connectivity index (χ3v) is 82.0. The van der Waals surface area contributed by atoms with Crippen LogP contribution in [0.4, 0.5) is 0 Å². The van der Waals surface area contributed by atoms with Crippen LogP contribution in [0.3, 0.4) is 0 Å². The molecule has 0 fully saturated rings. The highest BCUT2D eigenvalue weighted by atomic mass is 28.9. The maximum atomic E-state index is 4.27. The van der Waals surface area contributed by atoms with Crippen molar-refractivity contribution in [1.82, 2.24) is 0 Å². The van der Waals surface area contributed by atoms with E-state index < -0.39 is 113 Å². The molecule has 0 radical (unpaired) electrons. The van der Waals surface area contributed by atoms with Crippen LogP contribution in [0, 0.1) is 0 Å². The largest absolute Gasteiger partial charge is 0.118 e. The first-order valence-electron chi connectivity index (χ1n) is 30.7. The van der Waals surface area contributed by atoms with Crippen molar-refractivity contribution >= 4 is 123 Å². The Hall–Kier alpha value is -0.00364. The van der Waals surface area contributed by atoms with Crippen LogP contribution in [0.2, 0.25) is 236 Å². The molecule has 0 saturated carbocycles. The van der Waals surface area contributed by atoms with Gasteiger partial charge in [0.15, 0.2) is 0 Å². The van der Waals surface area contributed by atoms with E-state index in [9.17, 15) is 0 Å². The van der Waals surface area contributed by atoms with Crippen LogP contribution in [0.5, 0.6) is 0 Å². The van der Waals surface area contributed by atoms with Gasteiger partial charge in [-0.3, -0.25) is 0 Å². The lowest BCUT2D eigenvalue weighted by atomic mass is 10.1. The average molecular weight is 1290 g/mol. The zero-order valence-electron chi connectivity index (χ0n) is 58.2. The van der Waals surface area contributed by atoms with Gasteiger partial charge in [0.1, 0.15) is 0 Å². The molecule has 0 heterocycles. The molecule has 2 aromatic carbocycles. The van der Waals surface area contributed by atoms with Crippen LogP contribution in [-0.4, -0.2) is 113 Å². The summed E-state index contributed by atoms with van der Waals surface area (Å²) in [6.07, 6.45) is 14.8. The Balaban J connectivity index is 2.91. The van der Waals surface area contributed by atoms with Crippen molar-refractivity contribution in [3.05, 3.63) is 116 Å². The molecule has 14 heteroatoms. The van der Waals surface area contributed by atoms with Crippen molar-refractivity contribution in [2.45, 2.75) is 267 Å². The van der Waals surface area contributed by atoms with Crippen molar-refractivity contribution in [2.75, 3.05) is 0 Å². The van der Waals surface area contributed by atoms with Gasteiger partial charge in [-0.1, -0.05) is 284 Å². The highest BCUT2D eigenvalue weighted by molar-refractivity contribution is 7.16. The summed E-state index contributed by atoms with van der Waals surface area (Å²) in [4.78, 5) is 0. The molecule has 4 rings (SSSR count). The summed E-state index contributed by atoms with van der Waals surface area (Å²) in [7, 11) is -25.0. The van der Waals surface area contributed by atoms with E-state index in [1.165, 1.54) is 0 Å². The van der Waals surface area contributed by atoms with Crippen LogP contribution in [0.15, 0.2) is 82.6 Å². The first-order chi connectivity index (χ1) is 34.4. The predicted octanol–water partition coefficient (Wildman–Crippen LogP) is 20.3. The van der Waals surface area contributed by atoms with Gasteiger partial charge in [0, 0.05) is 96.9 Å². The second kappa shape index (κ2) is 23.4. The summed E-state index contributed by atoms with van der Waals surface area (Å²) in [5.74, 6) is 0. The van der Waals surface area contributed by atoms with Crippen molar-refractivity contribution in [2.24, 2.45) is 0 Å². The van der Waals surface area contributed by atoms with Crippen LogP contribution >= 0.6 is 0 Å². The van der Waals surface area contributed by atoms with E-state index in [4.69, 9.17) is 0 Å². The van der Waals surface area contributed by atoms with Crippen LogP contribution in [-0.2, 0) is 0 Å². The first kappa shape index (κ1) is 70.5. The van der Waals surface area contributed by atoms with Gasteiger partial charge < -0.3 is 0 Å². The molecule has 0 aromatic heterocycles. The fourth-order valence-corrected chi connectivity index (χ4v) is 106. The Bertz CT molecular complexity index is 2400. The molecule has 0 saturated heterocycles. The molecule has 436 valence electrons. The van der Waals surface area contributed by atoms with E-state index in [1.54, 1.807) is 21.5 Å². The third-order valence-electron chi connectivity index (χ3n) is 17.2. The van der Waals surface area contributed by atoms with Crippen LogP contribution in [0.1, 0.15) is 64.4 Å². The van der Waals surface area contributed by atoms with E-state index in [1.807, 2.05) is 32.6 Å². The van der Waals surface area contributed by atoms with Gasteiger partial charge in [0.2, 0.25) is 0 Å². The Labute approximate surface area is 501 Å². The normalized spacial score (nSPS) is 16.4. The molecule has 2 aliphatic carbocycles. The Morgan fingerprint density at radius 3 is 0.551 bits per heavy atom. The fourth-order valence-electron chi connectivity index (χ4n) is 18.5. The molecule has 0 amide bonds. The summed E-state index contributed by atoms with van der Waals surface area (Å²) < 4.78 is 0. The lowest BCUT2D eigenvalue weighted by Gasteiger charge is -2.47. The summed E-state index contributed by atoms with van der Waals surface area (Å²) >= 11 is 0. The van der Waals surface area contributed by atoms with Gasteiger partial charge in [-0.05, 0) is 97.3 Å². The molecule has 0 aliphatic heterocycles. The van der Waals surface area contributed by atoms with Crippen LogP contribution in [0.25, 0.3) is 0 Å². The van der Waals surface area contributed by atoms with Gasteiger partial charge in [-0.2, -0.15) is 0 Å². The fraction of sp³-hybridized carbons (Fsp3) is 0.656. The molecule has 2 aliphatic rings. The highest BCUT2D eigenvalue weighted by Gasteiger charge is 2.51. The molecule has 0 N–H and O–H groups in total. The minimum atomic E-state index is -1.87. The number of rotatable bonds is 22. The Morgan fingerprint density at radius 2 is 0.423 bits per heavy atom. The predicted molar refractivity (Wildman–Crippen MR) is 402 cm³/mol. The summed E-state index contributed by atoms with van der Waals surface area (Å²) in [6.45, 7) is 99.6.